The second-order valence-corrected chi connectivity index (χ2v) is 9.40. The Morgan fingerprint density at radius 2 is 1.82 bits per heavy atom. The molecule has 184 valence electrons. The van der Waals surface area contributed by atoms with Crippen molar-refractivity contribution in [2.24, 2.45) is 5.92 Å². The number of nitro groups is 1. The zero-order valence-electron chi connectivity index (χ0n) is 18.4. The molecule has 2 aliphatic carbocycles. The van der Waals surface area contributed by atoms with Gasteiger partial charge in [-0.05, 0) is 44.4 Å². The Morgan fingerprint density at radius 3 is 2.44 bits per heavy atom. The Hall–Kier alpha value is -2.89. The number of aromatic nitrogens is 2. The molecule has 1 aromatic heterocycles. The number of nitrogens with zero attached hydrogens (tertiary/aromatic N) is 4. The molecule has 12 heteroatoms. The molecule has 2 heterocycles. The smallest absolute Gasteiger partial charge is 0.471 e. The summed E-state index contributed by atoms with van der Waals surface area (Å²) in [6.07, 6.45) is 1.68. The van der Waals surface area contributed by atoms with Crippen molar-refractivity contribution in [2.45, 2.75) is 63.0 Å². The highest BCUT2D eigenvalue weighted by Crippen LogP contribution is 2.37. The summed E-state index contributed by atoms with van der Waals surface area (Å²) >= 11 is 0. The van der Waals surface area contributed by atoms with Gasteiger partial charge < -0.3 is 14.4 Å². The van der Waals surface area contributed by atoms with E-state index in [1.54, 1.807) is 6.07 Å². The van der Waals surface area contributed by atoms with E-state index in [1.807, 2.05) is 10.9 Å². The number of carbonyl (C=O) groups is 1. The van der Waals surface area contributed by atoms with Gasteiger partial charge in [0.1, 0.15) is 0 Å². The minimum Gasteiger partial charge on any atom is -0.486 e. The van der Waals surface area contributed by atoms with Gasteiger partial charge in [-0.15, -0.1) is 0 Å². The van der Waals surface area contributed by atoms with Crippen LogP contribution in [0.15, 0.2) is 18.3 Å². The first-order valence-corrected chi connectivity index (χ1v) is 11.5. The number of carbonyl (C=O) groups excluding carboxylic acids is 1. The maximum atomic E-state index is 12.5. The monoisotopic (exact) mass is 482 g/mol. The number of benzene rings is 1. The lowest BCUT2D eigenvalue weighted by Crippen LogP contribution is -2.59. The Balaban J connectivity index is 1.17. The maximum absolute atomic E-state index is 12.5. The molecule has 1 amide bonds. The summed E-state index contributed by atoms with van der Waals surface area (Å²) in [5.41, 5.74) is 0.571. The molecule has 0 spiro atoms. The molecular formula is C22H25F3N4O5. The van der Waals surface area contributed by atoms with Crippen molar-refractivity contribution in [2.75, 3.05) is 19.7 Å². The number of halogens is 3. The van der Waals surface area contributed by atoms with Crippen LogP contribution in [0.1, 0.15) is 44.6 Å². The molecule has 34 heavy (non-hydrogen) atoms. The summed E-state index contributed by atoms with van der Waals surface area (Å²) in [5.74, 6) is -1.10. The number of likely N-dealkylation sites (tertiary alicyclic amines) is 1. The van der Waals surface area contributed by atoms with E-state index in [2.05, 4.69) is 5.10 Å². The highest BCUT2D eigenvalue weighted by Gasteiger charge is 2.47. The zero-order chi connectivity index (χ0) is 24.0. The van der Waals surface area contributed by atoms with Crippen molar-refractivity contribution in [3.8, 4) is 5.75 Å². The highest BCUT2D eigenvalue weighted by molar-refractivity contribution is 5.84. The quantitative estimate of drug-likeness (QED) is 0.437. The van der Waals surface area contributed by atoms with E-state index in [9.17, 15) is 28.1 Å². The van der Waals surface area contributed by atoms with Crippen LogP contribution >= 0.6 is 0 Å². The molecule has 2 saturated carbocycles. The van der Waals surface area contributed by atoms with Gasteiger partial charge in [0.25, 0.3) is 0 Å². The van der Waals surface area contributed by atoms with Gasteiger partial charge in [-0.25, -0.2) is 0 Å². The normalized spacial score (nSPS) is 23.7. The first-order chi connectivity index (χ1) is 16.2. The number of hydrogen-bond acceptors (Lipinski definition) is 6. The van der Waals surface area contributed by atoms with Crippen LogP contribution in [0.2, 0.25) is 0 Å². The van der Waals surface area contributed by atoms with Crippen molar-refractivity contribution in [1.29, 1.82) is 0 Å². The van der Waals surface area contributed by atoms with Gasteiger partial charge in [0.2, 0.25) is 0 Å². The molecule has 1 aliphatic heterocycles. The third-order valence-corrected chi connectivity index (χ3v) is 6.75. The van der Waals surface area contributed by atoms with Crippen molar-refractivity contribution in [1.82, 2.24) is 14.7 Å². The second-order valence-electron chi connectivity index (χ2n) is 9.40. The summed E-state index contributed by atoms with van der Waals surface area (Å²) in [7, 11) is 0. The lowest BCUT2D eigenvalue weighted by Gasteiger charge is -2.41. The minimum atomic E-state index is -4.85. The molecule has 3 aliphatic rings. The van der Waals surface area contributed by atoms with Crippen LogP contribution in [0.3, 0.4) is 0 Å². The van der Waals surface area contributed by atoms with Crippen molar-refractivity contribution in [3.05, 3.63) is 28.4 Å². The Bertz CT molecular complexity index is 1090. The van der Waals surface area contributed by atoms with Gasteiger partial charge in [0.05, 0.1) is 35.3 Å². The number of nitro benzene ring substituents is 1. The van der Waals surface area contributed by atoms with Crippen molar-refractivity contribution < 1.29 is 32.4 Å². The first kappa shape index (κ1) is 22.9. The predicted molar refractivity (Wildman–Crippen MR) is 113 cm³/mol. The summed E-state index contributed by atoms with van der Waals surface area (Å²) < 4.78 is 50.8. The fourth-order valence-corrected chi connectivity index (χ4v) is 4.58. The van der Waals surface area contributed by atoms with E-state index in [0.717, 1.165) is 43.4 Å². The molecule has 0 atom stereocenters. The molecule has 0 unspecified atom stereocenters. The van der Waals surface area contributed by atoms with Gasteiger partial charge in [0.15, 0.2) is 5.75 Å². The van der Waals surface area contributed by atoms with Crippen molar-refractivity contribution in [3.63, 3.8) is 0 Å². The summed E-state index contributed by atoms with van der Waals surface area (Å²) in [6, 6.07) is 3.23. The van der Waals surface area contributed by atoms with Gasteiger partial charge in [0, 0.05) is 36.8 Å². The molecular weight excluding hydrogens is 457 g/mol. The van der Waals surface area contributed by atoms with Gasteiger partial charge in [-0.2, -0.15) is 18.3 Å². The largest absolute Gasteiger partial charge is 0.486 e. The minimum absolute atomic E-state index is 0.0350. The third kappa shape index (κ3) is 4.82. The van der Waals surface area contributed by atoms with Crippen LogP contribution in [0.4, 0.5) is 18.9 Å². The van der Waals surface area contributed by atoms with Crippen LogP contribution in [-0.4, -0.2) is 63.6 Å². The lowest BCUT2D eigenvalue weighted by molar-refractivity contribution is -0.385. The maximum Gasteiger partial charge on any atom is 0.471 e. The zero-order valence-corrected chi connectivity index (χ0v) is 18.4. The SMILES string of the molecule is O=C(N1CC(OC2CCC(n3cc4cc([N+](=O)[O-])c(OCC5CC5)cc4n3)CC2)C1)C(F)(F)F. The van der Waals surface area contributed by atoms with Gasteiger partial charge in [-0.3, -0.25) is 19.6 Å². The van der Waals surface area contributed by atoms with Gasteiger partial charge in [-0.1, -0.05) is 0 Å². The average Bonchev–Trinajstić information content (AvgIpc) is 3.50. The number of alkyl halides is 3. The molecule has 1 aromatic carbocycles. The van der Waals surface area contributed by atoms with Gasteiger partial charge >= 0.3 is 17.8 Å². The fourth-order valence-electron chi connectivity index (χ4n) is 4.58. The van der Waals surface area contributed by atoms with Crippen LogP contribution in [0.5, 0.6) is 5.75 Å². The van der Waals surface area contributed by atoms with E-state index in [1.165, 1.54) is 6.07 Å². The van der Waals surface area contributed by atoms with Crippen LogP contribution < -0.4 is 4.74 Å². The number of hydrogen-bond donors (Lipinski definition) is 0. The van der Waals surface area contributed by atoms with E-state index in [0.29, 0.717) is 23.4 Å². The molecule has 9 nitrogen and oxygen atoms in total. The van der Waals surface area contributed by atoms with Crippen LogP contribution in [0, 0.1) is 16.0 Å². The Kier molecular flexibility index (Phi) is 5.86. The molecule has 3 fully saturated rings. The molecule has 0 radical (unpaired) electrons. The van der Waals surface area contributed by atoms with E-state index in [4.69, 9.17) is 9.47 Å². The van der Waals surface area contributed by atoms with Crippen LogP contribution in [-0.2, 0) is 9.53 Å². The van der Waals surface area contributed by atoms with E-state index >= 15 is 0 Å². The topological polar surface area (TPSA) is 99.7 Å². The molecule has 5 rings (SSSR count). The lowest BCUT2D eigenvalue weighted by atomic mass is 9.92. The highest BCUT2D eigenvalue weighted by atomic mass is 19.4. The Morgan fingerprint density at radius 1 is 1.12 bits per heavy atom. The van der Waals surface area contributed by atoms with Crippen LogP contribution in [0.25, 0.3) is 10.9 Å². The standard InChI is InChI=1S/C22H25F3N4O5/c23-22(24,25)21(30)27-10-17(11-27)34-16-5-3-15(4-6-16)28-9-14-7-19(29(31)32)20(8-18(14)26-28)33-12-13-1-2-13/h7-9,13,15-17H,1-6,10-12H2. The fraction of sp³-hybridized carbons (Fsp3) is 0.636. The van der Waals surface area contributed by atoms with E-state index in [-0.39, 0.29) is 42.8 Å². The second kappa shape index (κ2) is 8.71. The molecule has 0 N–H and O–H groups in total. The average molecular weight is 482 g/mol. The number of fused-ring (bicyclic) bond motifs is 1. The number of ether oxygens (including phenoxy) is 2. The Labute approximate surface area is 192 Å². The first-order valence-electron chi connectivity index (χ1n) is 11.5. The number of rotatable bonds is 7. The predicted octanol–water partition coefficient (Wildman–Crippen LogP) is 4.01. The summed E-state index contributed by atoms with van der Waals surface area (Å²) in [5, 5.41) is 16.8. The van der Waals surface area contributed by atoms with E-state index < -0.39 is 17.0 Å². The summed E-state index contributed by atoms with van der Waals surface area (Å²) in [4.78, 5) is 23.0. The summed E-state index contributed by atoms with van der Waals surface area (Å²) in [6.45, 7) is 0.402. The molecule has 0 bridgehead atoms. The molecule has 2 aromatic rings. The third-order valence-electron chi connectivity index (χ3n) is 6.75. The number of amides is 1. The van der Waals surface area contributed by atoms with Crippen molar-refractivity contribution >= 4 is 22.5 Å². The molecule has 1 saturated heterocycles.